The number of nitrogens with one attached hydrogen (secondary N) is 1. The summed E-state index contributed by atoms with van der Waals surface area (Å²) in [6.07, 6.45) is 1.15. The van der Waals surface area contributed by atoms with Crippen molar-refractivity contribution in [3.05, 3.63) is 64.2 Å². The minimum Gasteiger partial charge on any atom is -0.487 e. The van der Waals surface area contributed by atoms with Crippen LogP contribution in [0.4, 0.5) is 0 Å². The molecule has 0 bridgehead atoms. The van der Waals surface area contributed by atoms with Crippen LogP contribution in [0.2, 0.25) is 5.02 Å². The van der Waals surface area contributed by atoms with E-state index in [1.807, 2.05) is 25.1 Å². The number of benzene rings is 2. The van der Waals surface area contributed by atoms with Gasteiger partial charge in [0.1, 0.15) is 12.4 Å². The lowest BCUT2D eigenvalue weighted by molar-refractivity contribution is 0.306. The summed E-state index contributed by atoms with van der Waals surface area (Å²) in [6, 6.07) is 14.3. The lowest BCUT2D eigenvalue weighted by Gasteiger charge is -2.10. The van der Waals surface area contributed by atoms with Gasteiger partial charge in [0.25, 0.3) is 0 Å². The number of hydrogen-bond acceptors (Lipinski definition) is 2. The first-order chi connectivity index (χ1) is 10.2. The van der Waals surface area contributed by atoms with Crippen LogP contribution in [-0.4, -0.2) is 6.54 Å². The lowest BCUT2D eigenvalue weighted by atomic mass is 10.1. The molecule has 0 spiro atoms. The van der Waals surface area contributed by atoms with Crippen molar-refractivity contribution in [2.75, 3.05) is 6.54 Å². The Morgan fingerprint density at radius 2 is 1.90 bits per heavy atom. The van der Waals surface area contributed by atoms with Crippen LogP contribution in [0.25, 0.3) is 0 Å². The SMILES string of the molecule is CCCNCc1cccc(COc2ccc(C)cc2Cl)c1. The molecule has 21 heavy (non-hydrogen) atoms. The Labute approximate surface area is 132 Å². The molecule has 0 unspecified atom stereocenters. The van der Waals surface area contributed by atoms with E-state index in [0.29, 0.717) is 11.6 Å². The molecule has 2 nitrogen and oxygen atoms in total. The third-order valence-corrected chi connectivity index (χ3v) is 3.52. The molecule has 0 aliphatic rings. The van der Waals surface area contributed by atoms with Gasteiger partial charge in [0.15, 0.2) is 0 Å². The molecule has 0 amide bonds. The molecule has 0 fully saturated rings. The van der Waals surface area contributed by atoms with Gasteiger partial charge in [-0.05, 0) is 48.7 Å². The van der Waals surface area contributed by atoms with E-state index in [0.717, 1.165) is 36.4 Å². The Morgan fingerprint density at radius 3 is 2.67 bits per heavy atom. The van der Waals surface area contributed by atoms with Crippen LogP contribution < -0.4 is 10.1 Å². The predicted molar refractivity (Wildman–Crippen MR) is 89.0 cm³/mol. The summed E-state index contributed by atoms with van der Waals surface area (Å²) in [7, 11) is 0. The number of halogens is 1. The average molecular weight is 304 g/mol. The van der Waals surface area contributed by atoms with Gasteiger partial charge in [-0.15, -0.1) is 0 Å². The van der Waals surface area contributed by atoms with Crippen molar-refractivity contribution in [1.82, 2.24) is 5.32 Å². The summed E-state index contributed by atoms with van der Waals surface area (Å²) in [5.41, 5.74) is 3.57. The zero-order chi connectivity index (χ0) is 15.1. The highest BCUT2D eigenvalue weighted by Crippen LogP contribution is 2.26. The number of ether oxygens (including phenoxy) is 1. The zero-order valence-electron chi connectivity index (χ0n) is 12.7. The molecule has 0 radical (unpaired) electrons. The van der Waals surface area contributed by atoms with Crippen LogP contribution >= 0.6 is 11.6 Å². The summed E-state index contributed by atoms with van der Waals surface area (Å²) >= 11 is 6.18. The van der Waals surface area contributed by atoms with Crippen molar-refractivity contribution in [3.8, 4) is 5.75 Å². The molecule has 2 aromatic carbocycles. The first-order valence-corrected chi connectivity index (χ1v) is 7.74. The number of aryl methyl sites for hydroxylation is 1. The van der Waals surface area contributed by atoms with Crippen molar-refractivity contribution < 1.29 is 4.74 Å². The fraction of sp³-hybridized carbons (Fsp3) is 0.333. The van der Waals surface area contributed by atoms with Gasteiger partial charge in [0, 0.05) is 6.54 Å². The molecule has 2 rings (SSSR count). The van der Waals surface area contributed by atoms with Crippen LogP contribution in [0.15, 0.2) is 42.5 Å². The van der Waals surface area contributed by atoms with Crippen molar-refractivity contribution in [2.24, 2.45) is 0 Å². The third kappa shape index (κ3) is 5.07. The molecule has 3 heteroatoms. The molecule has 0 atom stereocenters. The van der Waals surface area contributed by atoms with Gasteiger partial charge in [-0.3, -0.25) is 0 Å². The smallest absolute Gasteiger partial charge is 0.138 e. The van der Waals surface area contributed by atoms with Gasteiger partial charge < -0.3 is 10.1 Å². The summed E-state index contributed by atoms with van der Waals surface area (Å²) in [5.74, 6) is 0.733. The Hall–Kier alpha value is -1.51. The second-order valence-electron chi connectivity index (χ2n) is 5.22. The standard InChI is InChI=1S/C18H22ClNO/c1-3-9-20-12-15-5-4-6-16(11-15)13-21-18-8-7-14(2)10-17(18)19/h4-8,10-11,20H,3,9,12-13H2,1-2H3. The van der Waals surface area contributed by atoms with Gasteiger partial charge in [-0.2, -0.15) is 0 Å². The Kier molecular flexibility index (Phi) is 6.09. The fourth-order valence-electron chi connectivity index (χ4n) is 2.12. The van der Waals surface area contributed by atoms with Gasteiger partial charge in [-0.25, -0.2) is 0 Å². The van der Waals surface area contributed by atoms with Crippen molar-refractivity contribution in [1.29, 1.82) is 0 Å². The van der Waals surface area contributed by atoms with Gasteiger partial charge in [0.05, 0.1) is 5.02 Å². The van der Waals surface area contributed by atoms with Crippen LogP contribution in [0.5, 0.6) is 5.75 Å². The van der Waals surface area contributed by atoms with Gasteiger partial charge in [-0.1, -0.05) is 48.9 Å². The molecule has 0 aliphatic heterocycles. The molecule has 0 aromatic heterocycles. The molecule has 112 valence electrons. The summed E-state index contributed by atoms with van der Waals surface area (Å²) in [6.45, 7) is 6.65. The monoisotopic (exact) mass is 303 g/mol. The van der Waals surface area contributed by atoms with E-state index in [9.17, 15) is 0 Å². The summed E-state index contributed by atoms with van der Waals surface area (Å²) < 4.78 is 5.81. The number of rotatable bonds is 7. The highest BCUT2D eigenvalue weighted by atomic mass is 35.5. The van der Waals surface area contributed by atoms with Crippen molar-refractivity contribution in [2.45, 2.75) is 33.4 Å². The third-order valence-electron chi connectivity index (χ3n) is 3.23. The normalized spacial score (nSPS) is 10.6. The highest BCUT2D eigenvalue weighted by Gasteiger charge is 2.03. The topological polar surface area (TPSA) is 21.3 Å². The van der Waals surface area contributed by atoms with E-state index in [2.05, 4.69) is 36.5 Å². The maximum Gasteiger partial charge on any atom is 0.138 e. The first-order valence-electron chi connectivity index (χ1n) is 7.36. The minimum atomic E-state index is 0.532. The first kappa shape index (κ1) is 15.9. The van der Waals surface area contributed by atoms with Crippen molar-refractivity contribution >= 4 is 11.6 Å². The second kappa shape index (κ2) is 8.06. The van der Waals surface area contributed by atoms with Crippen LogP contribution in [0.3, 0.4) is 0 Å². The van der Waals surface area contributed by atoms with Gasteiger partial charge in [0.2, 0.25) is 0 Å². The van der Waals surface area contributed by atoms with Gasteiger partial charge >= 0.3 is 0 Å². The van der Waals surface area contributed by atoms with E-state index in [1.54, 1.807) is 0 Å². The molecule has 0 aliphatic carbocycles. The Morgan fingerprint density at radius 1 is 1.10 bits per heavy atom. The summed E-state index contributed by atoms with van der Waals surface area (Å²) in [4.78, 5) is 0. The maximum absolute atomic E-state index is 6.18. The van der Waals surface area contributed by atoms with E-state index in [4.69, 9.17) is 16.3 Å². The maximum atomic E-state index is 6.18. The zero-order valence-corrected chi connectivity index (χ0v) is 13.4. The van der Waals surface area contributed by atoms with E-state index in [1.165, 1.54) is 5.56 Å². The van der Waals surface area contributed by atoms with Crippen LogP contribution in [-0.2, 0) is 13.2 Å². The van der Waals surface area contributed by atoms with E-state index in [-0.39, 0.29) is 0 Å². The fourth-order valence-corrected chi connectivity index (χ4v) is 2.41. The minimum absolute atomic E-state index is 0.532. The molecule has 2 aromatic rings. The quantitative estimate of drug-likeness (QED) is 0.747. The lowest BCUT2D eigenvalue weighted by Crippen LogP contribution is -2.13. The molecule has 1 N–H and O–H groups in total. The molecule has 0 heterocycles. The average Bonchev–Trinajstić information content (AvgIpc) is 2.47. The van der Waals surface area contributed by atoms with E-state index >= 15 is 0 Å². The highest BCUT2D eigenvalue weighted by molar-refractivity contribution is 6.32. The van der Waals surface area contributed by atoms with E-state index < -0.39 is 0 Å². The predicted octanol–water partition coefficient (Wildman–Crippen LogP) is 4.73. The second-order valence-corrected chi connectivity index (χ2v) is 5.63. The molecule has 0 saturated carbocycles. The largest absolute Gasteiger partial charge is 0.487 e. The Balaban J connectivity index is 1.95. The molecular formula is C18H22ClNO. The van der Waals surface area contributed by atoms with Crippen LogP contribution in [0.1, 0.15) is 30.0 Å². The summed E-state index contributed by atoms with van der Waals surface area (Å²) in [5, 5.41) is 4.07. The number of hydrogen-bond donors (Lipinski definition) is 1. The van der Waals surface area contributed by atoms with Crippen LogP contribution in [0, 0.1) is 6.92 Å². The molecular weight excluding hydrogens is 282 g/mol. The molecule has 0 saturated heterocycles. The Bertz CT molecular complexity index is 583. The van der Waals surface area contributed by atoms with Crippen molar-refractivity contribution in [3.63, 3.8) is 0 Å².